The van der Waals surface area contributed by atoms with E-state index in [2.05, 4.69) is 9.98 Å². The van der Waals surface area contributed by atoms with Crippen molar-refractivity contribution >= 4 is 41.7 Å². The van der Waals surface area contributed by atoms with Crippen LogP contribution in [0.4, 0.5) is 4.79 Å². The highest BCUT2D eigenvalue weighted by Gasteiger charge is 2.26. The van der Waals surface area contributed by atoms with Gasteiger partial charge >= 0.3 is 6.09 Å². The Balaban J connectivity index is 0.00000280. The number of ether oxygens (including phenoxy) is 1. The van der Waals surface area contributed by atoms with Gasteiger partial charge in [0.05, 0.1) is 5.69 Å². The van der Waals surface area contributed by atoms with Gasteiger partial charge in [-0.25, -0.2) is 9.78 Å². The van der Waals surface area contributed by atoms with Crippen LogP contribution in [0, 0.1) is 0 Å². The van der Waals surface area contributed by atoms with Crippen LogP contribution in [-0.2, 0) is 11.2 Å². The monoisotopic (exact) mass is 500 g/mol. The number of piperazine rings is 1. The van der Waals surface area contributed by atoms with Gasteiger partial charge < -0.3 is 24.7 Å². The second-order valence-electron chi connectivity index (χ2n) is 7.64. The topological polar surface area (TPSA) is 88.5 Å². The van der Waals surface area contributed by atoms with Crippen LogP contribution in [0.15, 0.2) is 35.6 Å². The molecule has 1 aliphatic rings. The Kier molecular flexibility index (Phi) is 7.50. The van der Waals surface area contributed by atoms with E-state index in [1.807, 2.05) is 60.7 Å². The van der Waals surface area contributed by atoms with Gasteiger partial charge in [-0.3, -0.25) is 4.99 Å². The van der Waals surface area contributed by atoms with Crippen molar-refractivity contribution < 1.29 is 9.53 Å². The van der Waals surface area contributed by atoms with E-state index in [0.29, 0.717) is 38.7 Å². The number of carbonyl (C=O) groups excluding carboxylic acids is 1. The minimum atomic E-state index is -0.480. The van der Waals surface area contributed by atoms with Crippen LogP contribution in [-0.4, -0.2) is 69.6 Å². The molecule has 2 aromatic heterocycles. The Morgan fingerprint density at radius 2 is 1.89 bits per heavy atom. The van der Waals surface area contributed by atoms with E-state index in [4.69, 9.17) is 10.5 Å². The number of guanidine groups is 1. The number of amides is 1. The Bertz CT molecular complexity index is 788. The maximum absolute atomic E-state index is 12.1. The van der Waals surface area contributed by atoms with Gasteiger partial charge in [-0.1, -0.05) is 6.07 Å². The second-order valence-corrected chi connectivity index (χ2v) is 7.64. The molecule has 1 saturated heterocycles. The summed E-state index contributed by atoms with van der Waals surface area (Å²) in [5.41, 5.74) is 7.57. The zero-order valence-corrected chi connectivity index (χ0v) is 19.0. The Hall–Kier alpha value is -2.04. The van der Waals surface area contributed by atoms with E-state index in [1.54, 1.807) is 4.90 Å². The molecule has 0 aliphatic carbocycles. The Morgan fingerprint density at radius 3 is 2.54 bits per heavy atom. The molecular weight excluding hydrogens is 471 g/mol. The molecule has 2 aromatic rings. The molecule has 0 radical (unpaired) electrons. The fourth-order valence-electron chi connectivity index (χ4n) is 2.94. The van der Waals surface area contributed by atoms with Gasteiger partial charge in [0, 0.05) is 51.5 Å². The predicted octanol–water partition coefficient (Wildman–Crippen LogP) is 2.36. The van der Waals surface area contributed by atoms with Gasteiger partial charge in [-0.2, -0.15) is 0 Å². The molecular formula is C19H29IN6O2. The first-order chi connectivity index (χ1) is 12.8. The predicted molar refractivity (Wildman–Crippen MR) is 120 cm³/mol. The lowest BCUT2D eigenvalue weighted by Crippen LogP contribution is -2.53. The average molecular weight is 500 g/mol. The van der Waals surface area contributed by atoms with Crippen LogP contribution in [0.3, 0.4) is 0 Å². The van der Waals surface area contributed by atoms with Gasteiger partial charge in [0.2, 0.25) is 0 Å². The SMILES string of the molecule is CC(C)(C)OC(=O)N1CCN(C(N)=NCCc2cn3ccccc3n2)CC1.I. The van der Waals surface area contributed by atoms with Crippen LogP contribution >= 0.6 is 24.0 Å². The van der Waals surface area contributed by atoms with Crippen LogP contribution in [0.5, 0.6) is 0 Å². The lowest BCUT2D eigenvalue weighted by atomic mass is 10.2. The zero-order chi connectivity index (χ0) is 19.4. The number of halogens is 1. The molecule has 9 heteroatoms. The van der Waals surface area contributed by atoms with Gasteiger partial charge in [-0.15, -0.1) is 24.0 Å². The smallest absolute Gasteiger partial charge is 0.410 e. The molecule has 8 nitrogen and oxygen atoms in total. The first-order valence-electron chi connectivity index (χ1n) is 9.27. The van der Waals surface area contributed by atoms with Crippen molar-refractivity contribution in [1.29, 1.82) is 0 Å². The zero-order valence-electron chi connectivity index (χ0n) is 16.7. The van der Waals surface area contributed by atoms with Crippen molar-refractivity contribution in [3.05, 3.63) is 36.3 Å². The maximum Gasteiger partial charge on any atom is 0.410 e. The first-order valence-corrected chi connectivity index (χ1v) is 9.27. The summed E-state index contributed by atoms with van der Waals surface area (Å²) in [5, 5.41) is 0. The van der Waals surface area contributed by atoms with Crippen molar-refractivity contribution in [2.24, 2.45) is 10.7 Å². The molecule has 0 spiro atoms. The highest BCUT2D eigenvalue weighted by molar-refractivity contribution is 14.0. The molecule has 1 aliphatic heterocycles. The quantitative estimate of drug-likeness (QED) is 0.397. The lowest BCUT2D eigenvalue weighted by molar-refractivity contribution is 0.0186. The summed E-state index contributed by atoms with van der Waals surface area (Å²) < 4.78 is 7.41. The largest absolute Gasteiger partial charge is 0.444 e. The van der Waals surface area contributed by atoms with Gasteiger partial charge in [0.1, 0.15) is 11.2 Å². The molecule has 28 heavy (non-hydrogen) atoms. The normalized spacial score (nSPS) is 15.5. The molecule has 2 N–H and O–H groups in total. The highest BCUT2D eigenvalue weighted by Crippen LogP contribution is 2.12. The highest BCUT2D eigenvalue weighted by atomic mass is 127. The van der Waals surface area contributed by atoms with Crippen LogP contribution in [0.2, 0.25) is 0 Å². The molecule has 3 rings (SSSR count). The van der Waals surface area contributed by atoms with Crippen molar-refractivity contribution in [2.45, 2.75) is 32.8 Å². The number of aromatic nitrogens is 2. The third-order valence-corrected chi connectivity index (χ3v) is 4.31. The van der Waals surface area contributed by atoms with Gasteiger partial charge in [0.15, 0.2) is 5.96 Å². The number of imidazole rings is 1. The molecule has 1 fully saturated rings. The molecule has 0 atom stereocenters. The van der Waals surface area contributed by atoms with E-state index < -0.39 is 5.60 Å². The number of aliphatic imine (C=N–C) groups is 1. The van der Waals surface area contributed by atoms with E-state index in [0.717, 1.165) is 17.8 Å². The summed E-state index contributed by atoms with van der Waals surface area (Å²) in [6.07, 6.45) is 4.46. The van der Waals surface area contributed by atoms with E-state index in [9.17, 15) is 4.79 Å². The number of hydrogen-bond donors (Lipinski definition) is 1. The van der Waals surface area contributed by atoms with Crippen molar-refractivity contribution in [2.75, 3.05) is 32.7 Å². The van der Waals surface area contributed by atoms with Crippen LogP contribution < -0.4 is 5.73 Å². The number of nitrogens with two attached hydrogens (primary N) is 1. The van der Waals surface area contributed by atoms with E-state index in [1.165, 1.54) is 0 Å². The summed E-state index contributed by atoms with van der Waals surface area (Å²) in [7, 11) is 0. The third kappa shape index (κ3) is 5.98. The lowest BCUT2D eigenvalue weighted by Gasteiger charge is -2.36. The third-order valence-electron chi connectivity index (χ3n) is 4.31. The maximum atomic E-state index is 12.1. The van der Waals surface area contributed by atoms with Crippen LogP contribution in [0.1, 0.15) is 26.5 Å². The summed E-state index contributed by atoms with van der Waals surface area (Å²) in [5.74, 6) is 0.516. The molecule has 0 aromatic carbocycles. The minimum absolute atomic E-state index is 0. The number of hydrogen-bond acceptors (Lipinski definition) is 4. The van der Waals surface area contributed by atoms with Crippen molar-refractivity contribution in [3.8, 4) is 0 Å². The van der Waals surface area contributed by atoms with E-state index >= 15 is 0 Å². The molecule has 1 amide bonds. The van der Waals surface area contributed by atoms with Crippen LogP contribution in [0.25, 0.3) is 5.65 Å². The van der Waals surface area contributed by atoms with Gasteiger partial charge in [0.25, 0.3) is 0 Å². The Morgan fingerprint density at radius 1 is 1.21 bits per heavy atom. The fourth-order valence-corrected chi connectivity index (χ4v) is 2.94. The first kappa shape index (κ1) is 22.3. The number of pyridine rings is 1. The molecule has 3 heterocycles. The second kappa shape index (κ2) is 9.44. The number of nitrogens with zero attached hydrogens (tertiary/aromatic N) is 5. The molecule has 0 saturated carbocycles. The summed E-state index contributed by atoms with van der Waals surface area (Å²) >= 11 is 0. The molecule has 0 unspecified atom stereocenters. The summed E-state index contributed by atoms with van der Waals surface area (Å²) in [4.78, 5) is 24.9. The minimum Gasteiger partial charge on any atom is -0.444 e. The fraction of sp³-hybridized carbons (Fsp3) is 0.526. The van der Waals surface area contributed by atoms with E-state index in [-0.39, 0.29) is 30.1 Å². The summed E-state index contributed by atoms with van der Waals surface area (Å²) in [6, 6.07) is 5.93. The number of fused-ring (bicyclic) bond motifs is 1. The summed E-state index contributed by atoms with van der Waals surface area (Å²) in [6.45, 7) is 8.67. The number of carbonyl (C=O) groups is 1. The van der Waals surface area contributed by atoms with Crippen molar-refractivity contribution in [3.63, 3.8) is 0 Å². The standard InChI is InChI=1S/C19H28N6O2.HI/c1-19(2,3)27-18(26)24-12-10-23(11-13-24)17(20)21-8-7-15-14-25-9-5-4-6-16(25)22-15;/h4-6,9,14H,7-8,10-13H2,1-3H3,(H2,20,21);1H. The average Bonchev–Trinajstić information content (AvgIpc) is 3.03. The molecule has 0 bridgehead atoms. The van der Waals surface area contributed by atoms with Gasteiger partial charge in [-0.05, 0) is 32.9 Å². The Labute approximate surface area is 182 Å². The number of rotatable bonds is 3. The van der Waals surface area contributed by atoms with Crippen molar-refractivity contribution in [1.82, 2.24) is 19.2 Å². The molecule has 154 valence electrons.